The molecule has 2 aliphatic rings. The average Bonchev–Trinajstić information content (AvgIpc) is 3.35. The molecule has 0 bridgehead atoms. The maximum Gasteiger partial charge on any atom is 0.164 e. The topological polar surface area (TPSA) is 72.6 Å². The molecule has 3 heterocycles. The Morgan fingerprint density at radius 1 is 1.19 bits per heavy atom. The second kappa shape index (κ2) is 7.08. The Balaban J connectivity index is 1.54. The lowest BCUT2D eigenvalue weighted by Gasteiger charge is -2.25. The van der Waals surface area contributed by atoms with Gasteiger partial charge in [0, 0.05) is 6.54 Å². The van der Waals surface area contributed by atoms with E-state index < -0.39 is 24.1 Å². The van der Waals surface area contributed by atoms with Gasteiger partial charge in [0.1, 0.15) is 17.9 Å². The molecular formula is C19H26N4O3. The molecule has 4 rings (SSSR count). The molecule has 0 spiro atoms. The fourth-order valence-electron chi connectivity index (χ4n) is 3.72. The fourth-order valence-corrected chi connectivity index (χ4v) is 3.72. The van der Waals surface area contributed by atoms with E-state index in [2.05, 4.69) is 15.1 Å². The van der Waals surface area contributed by atoms with Crippen LogP contribution in [0.2, 0.25) is 0 Å². The van der Waals surface area contributed by atoms with Crippen molar-refractivity contribution in [2.45, 2.75) is 50.8 Å². The van der Waals surface area contributed by atoms with Gasteiger partial charge in [-0.15, -0.1) is 0 Å². The second-order valence-electron chi connectivity index (χ2n) is 7.49. The summed E-state index contributed by atoms with van der Waals surface area (Å²) in [6.45, 7) is 6.38. The number of aliphatic hydroxyl groups excluding tert-OH is 1. The minimum absolute atomic E-state index is 0.444. The summed E-state index contributed by atoms with van der Waals surface area (Å²) >= 11 is 0. The van der Waals surface area contributed by atoms with Gasteiger partial charge >= 0.3 is 0 Å². The van der Waals surface area contributed by atoms with Crippen molar-refractivity contribution in [2.75, 3.05) is 19.6 Å². The van der Waals surface area contributed by atoms with Gasteiger partial charge in [0.05, 0.1) is 18.0 Å². The number of rotatable bonds is 5. The summed E-state index contributed by atoms with van der Waals surface area (Å²) in [7, 11) is 0. The Bertz CT molecular complexity index is 727. The summed E-state index contributed by atoms with van der Waals surface area (Å²) in [6.07, 6.45) is 2.52. The zero-order valence-corrected chi connectivity index (χ0v) is 15.3. The first-order valence-electron chi connectivity index (χ1n) is 9.25. The molecule has 1 aromatic carbocycles. The number of benzene rings is 1. The molecule has 3 unspecified atom stereocenters. The predicted molar refractivity (Wildman–Crippen MR) is 95.8 cm³/mol. The number of ether oxygens (including phenoxy) is 2. The zero-order valence-electron chi connectivity index (χ0n) is 15.3. The van der Waals surface area contributed by atoms with Crippen molar-refractivity contribution in [2.24, 2.45) is 0 Å². The van der Waals surface area contributed by atoms with Gasteiger partial charge in [-0.25, -0.2) is 0 Å². The second-order valence-corrected chi connectivity index (χ2v) is 7.49. The van der Waals surface area contributed by atoms with Crippen LogP contribution in [-0.2, 0) is 9.47 Å². The van der Waals surface area contributed by atoms with Crippen LogP contribution in [0.5, 0.6) is 0 Å². The highest BCUT2D eigenvalue weighted by molar-refractivity contribution is 5.28. The average molecular weight is 358 g/mol. The molecule has 1 aromatic heterocycles. The van der Waals surface area contributed by atoms with Gasteiger partial charge in [0.2, 0.25) is 0 Å². The molecule has 2 fully saturated rings. The highest BCUT2D eigenvalue weighted by Crippen LogP contribution is 2.39. The van der Waals surface area contributed by atoms with E-state index in [1.807, 2.05) is 44.2 Å². The van der Waals surface area contributed by atoms with E-state index in [-0.39, 0.29) is 0 Å². The molecule has 0 saturated carbocycles. The lowest BCUT2D eigenvalue weighted by molar-refractivity contribution is -0.156. The first-order valence-corrected chi connectivity index (χ1v) is 9.25. The van der Waals surface area contributed by atoms with Crippen molar-refractivity contribution in [3.8, 4) is 5.69 Å². The Morgan fingerprint density at radius 2 is 1.92 bits per heavy atom. The highest BCUT2D eigenvalue weighted by atomic mass is 16.8. The van der Waals surface area contributed by atoms with E-state index in [1.54, 1.807) is 11.0 Å². The van der Waals surface area contributed by atoms with Gasteiger partial charge in [-0.1, -0.05) is 18.2 Å². The van der Waals surface area contributed by atoms with Crippen LogP contribution < -0.4 is 0 Å². The minimum atomic E-state index is -0.766. The van der Waals surface area contributed by atoms with Crippen molar-refractivity contribution >= 4 is 0 Å². The first-order chi connectivity index (χ1) is 12.5. The van der Waals surface area contributed by atoms with Crippen molar-refractivity contribution in [3.05, 3.63) is 42.2 Å². The Hall–Kier alpha value is -1.80. The van der Waals surface area contributed by atoms with E-state index in [0.717, 1.165) is 18.8 Å². The first kappa shape index (κ1) is 17.6. The summed E-state index contributed by atoms with van der Waals surface area (Å²) in [4.78, 5) is 3.85. The van der Waals surface area contributed by atoms with E-state index >= 15 is 0 Å². The van der Waals surface area contributed by atoms with Crippen molar-refractivity contribution in [3.63, 3.8) is 0 Å². The quantitative estimate of drug-likeness (QED) is 0.880. The van der Waals surface area contributed by atoms with Gasteiger partial charge in [-0.05, 0) is 51.9 Å². The standard InChI is InChI=1S/C19H26N4O3/c1-19(2)25-17(18(26-19)16(24)13-22-10-6-7-11-22)15-12-20-23(21-15)14-8-4-3-5-9-14/h3-5,8-9,12,16-18,24H,6-7,10-11,13H2,1-2H3. The van der Waals surface area contributed by atoms with Crippen molar-refractivity contribution in [1.29, 1.82) is 0 Å². The van der Waals surface area contributed by atoms with Gasteiger partial charge < -0.3 is 19.5 Å². The van der Waals surface area contributed by atoms with Crippen LogP contribution in [0.4, 0.5) is 0 Å². The summed E-state index contributed by atoms with van der Waals surface area (Å²) in [5, 5.41) is 19.7. The molecule has 2 aromatic rings. The van der Waals surface area contributed by atoms with Crippen molar-refractivity contribution < 1.29 is 14.6 Å². The molecule has 3 atom stereocenters. The third-order valence-electron chi connectivity index (χ3n) is 4.94. The lowest BCUT2D eigenvalue weighted by Crippen LogP contribution is -2.40. The van der Waals surface area contributed by atoms with Crippen LogP contribution >= 0.6 is 0 Å². The van der Waals surface area contributed by atoms with E-state index in [1.165, 1.54) is 12.8 Å². The van der Waals surface area contributed by atoms with Crippen LogP contribution in [0.25, 0.3) is 5.69 Å². The smallest absolute Gasteiger partial charge is 0.164 e. The molecule has 0 aliphatic carbocycles. The lowest BCUT2D eigenvalue weighted by atomic mass is 10.1. The van der Waals surface area contributed by atoms with E-state index in [4.69, 9.17) is 9.47 Å². The Kier molecular flexibility index (Phi) is 4.79. The summed E-state index contributed by atoms with van der Waals surface area (Å²) in [5.41, 5.74) is 1.55. The predicted octanol–water partition coefficient (Wildman–Crippen LogP) is 1.92. The third kappa shape index (κ3) is 3.66. The van der Waals surface area contributed by atoms with Gasteiger partial charge in [0.25, 0.3) is 0 Å². The molecule has 2 saturated heterocycles. The summed E-state index contributed by atoms with van der Waals surface area (Å²) < 4.78 is 12.1. The molecule has 7 nitrogen and oxygen atoms in total. The van der Waals surface area contributed by atoms with Crippen LogP contribution in [-0.4, -0.2) is 62.6 Å². The molecule has 0 radical (unpaired) electrons. The number of hydrogen-bond donors (Lipinski definition) is 1. The Labute approximate surface area is 153 Å². The molecule has 140 valence electrons. The molecule has 2 aliphatic heterocycles. The highest BCUT2D eigenvalue weighted by Gasteiger charge is 2.47. The summed E-state index contributed by atoms with van der Waals surface area (Å²) in [5.74, 6) is -0.766. The number of hydrogen-bond acceptors (Lipinski definition) is 6. The summed E-state index contributed by atoms with van der Waals surface area (Å²) in [6, 6.07) is 9.73. The largest absolute Gasteiger partial charge is 0.389 e. The van der Waals surface area contributed by atoms with Gasteiger partial charge in [-0.2, -0.15) is 15.0 Å². The van der Waals surface area contributed by atoms with E-state index in [0.29, 0.717) is 12.2 Å². The molecule has 0 amide bonds. The molecular weight excluding hydrogens is 332 g/mol. The van der Waals surface area contributed by atoms with E-state index in [9.17, 15) is 5.11 Å². The van der Waals surface area contributed by atoms with Gasteiger partial charge in [-0.3, -0.25) is 0 Å². The van der Waals surface area contributed by atoms with Crippen LogP contribution in [0, 0.1) is 0 Å². The maximum absolute atomic E-state index is 10.8. The zero-order chi connectivity index (χ0) is 18.1. The van der Waals surface area contributed by atoms with Crippen LogP contribution in [0.1, 0.15) is 38.5 Å². The molecule has 7 heteroatoms. The molecule has 26 heavy (non-hydrogen) atoms. The fraction of sp³-hybridized carbons (Fsp3) is 0.579. The minimum Gasteiger partial charge on any atom is -0.389 e. The van der Waals surface area contributed by atoms with Crippen molar-refractivity contribution in [1.82, 2.24) is 19.9 Å². The Morgan fingerprint density at radius 3 is 2.65 bits per heavy atom. The van der Waals surface area contributed by atoms with Crippen LogP contribution in [0.15, 0.2) is 36.5 Å². The van der Waals surface area contributed by atoms with Crippen LogP contribution in [0.3, 0.4) is 0 Å². The number of aromatic nitrogens is 3. The number of aliphatic hydroxyl groups is 1. The number of likely N-dealkylation sites (tertiary alicyclic amines) is 1. The number of β-amino-alcohol motifs (C(OH)–C–C–N with tert-alkyl or cyclic N) is 1. The normalized spacial score (nSPS) is 27.0. The SMILES string of the molecule is CC1(C)OC(c2cnn(-c3ccccc3)n2)C(C(O)CN2CCCC2)O1. The van der Waals surface area contributed by atoms with Gasteiger partial charge in [0.15, 0.2) is 5.79 Å². The third-order valence-corrected chi connectivity index (χ3v) is 4.94. The maximum atomic E-state index is 10.8. The molecule has 1 N–H and O–H groups in total. The number of nitrogens with zero attached hydrogens (tertiary/aromatic N) is 4. The number of para-hydroxylation sites is 1. The monoisotopic (exact) mass is 358 g/mol.